The number of aryl methyl sites for hydroxylation is 1. The maximum atomic E-state index is 11.5. The number of rotatable bonds is 10. The quantitative estimate of drug-likeness (QED) is 0.151. The van der Waals surface area contributed by atoms with Gasteiger partial charge in [-0.15, -0.1) is 0 Å². The van der Waals surface area contributed by atoms with E-state index < -0.39 is 31.0 Å². The van der Waals surface area contributed by atoms with Crippen LogP contribution in [-0.4, -0.2) is 88.4 Å². The second-order valence-electron chi connectivity index (χ2n) is 11.8. The summed E-state index contributed by atoms with van der Waals surface area (Å²) in [5, 5.41) is 63.8. The topological polar surface area (TPSA) is 158 Å². The van der Waals surface area contributed by atoms with Crippen LogP contribution in [0.1, 0.15) is 73.3 Å². The van der Waals surface area contributed by atoms with Crippen molar-refractivity contribution in [3.8, 4) is 28.7 Å². The molecular formula is C33H48O10S2. The first-order chi connectivity index (χ1) is 21.8. The zero-order valence-electron chi connectivity index (χ0n) is 26.1. The average molecular weight is 669 g/mol. The Kier molecular flexibility index (Phi) is 14.1. The van der Waals surface area contributed by atoms with Gasteiger partial charge in [-0.25, -0.2) is 0 Å². The fourth-order valence-electron chi connectivity index (χ4n) is 6.29. The third kappa shape index (κ3) is 9.73. The molecule has 2 aromatic rings. The van der Waals surface area contributed by atoms with E-state index in [1.54, 1.807) is 18.2 Å². The summed E-state index contributed by atoms with van der Waals surface area (Å²) in [7, 11) is 5.85. The van der Waals surface area contributed by atoms with E-state index in [2.05, 4.69) is 0 Å². The normalized spacial score (nSPS) is 25.3. The van der Waals surface area contributed by atoms with Gasteiger partial charge in [0.2, 0.25) is 5.75 Å². The van der Waals surface area contributed by atoms with E-state index in [0.717, 1.165) is 36.8 Å². The van der Waals surface area contributed by atoms with E-state index in [0.29, 0.717) is 30.6 Å². The van der Waals surface area contributed by atoms with Crippen molar-refractivity contribution < 1.29 is 49.6 Å². The summed E-state index contributed by atoms with van der Waals surface area (Å²) in [6.45, 7) is -0.572. The molecule has 2 aliphatic rings. The van der Waals surface area contributed by atoms with Gasteiger partial charge in [-0.1, -0.05) is 28.0 Å². The Morgan fingerprint density at radius 3 is 2.20 bits per heavy atom. The third-order valence-corrected chi connectivity index (χ3v) is 11.6. The molecule has 12 heteroatoms. The van der Waals surface area contributed by atoms with Gasteiger partial charge in [0.15, 0.2) is 23.0 Å². The summed E-state index contributed by atoms with van der Waals surface area (Å²) in [4.78, 5) is 0. The van der Waals surface area contributed by atoms with Gasteiger partial charge >= 0.3 is 0 Å². The van der Waals surface area contributed by atoms with E-state index in [1.165, 1.54) is 42.2 Å². The van der Waals surface area contributed by atoms with Crippen molar-refractivity contribution in [3.63, 3.8) is 0 Å². The molecule has 45 heavy (non-hydrogen) atoms. The minimum atomic E-state index is -0.980. The maximum Gasteiger partial charge on any atom is 0.200 e. The highest BCUT2D eigenvalue weighted by atomic mass is 33.1. The number of phenols is 2. The maximum absolute atomic E-state index is 11.5. The standard InChI is InChI=1S/C33H48O10S2/c1-40-30-13-20(14-31(41-2)33(30)39)12-25-26(36)16-23(42-19-35)9-8-21-15-29(43-22-6-4-3-5-7-22)27(37)17-24(21)32(10-11-34)45-44-18-28(25)38/h13-15,17,22-23,25-26,28,32,34-39H,3-12,16,18-19H2,1-2H3/t23-,25+,26+,28+,32-/m0/s1. The SMILES string of the molecule is COc1cc(C[C@H]2[C@H](O)CSS[C@@H](CCO)c3cc(O)c(OC4CCCCC4)cc3CC[C@H](OCO)C[C@H]2O)cc(OC)c1O. The number of benzene rings is 2. The minimum Gasteiger partial charge on any atom is -0.504 e. The second kappa shape index (κ2) is 17.7. The monoisotopic (exact) mass is 668 g/mol. The molecular weight excluding hydrogens is 620 g/mol. The van der Waals surface area contributed by atoms with Crippen LogP contribution in [0.25, 0.3) is 0 Å². The summed E-state index contributed by atoms with van der Waals surface area (Å²) in [5.41, 5.74) is 2.54. The van der Waals surface area contributed by atoms with Crippen molar-refractivity contribution in [1.82, 2.24) is 0 Å². The lowest BCUT2D eigenvalue weighted by Gasteiger charge is -2.30. The number of phenolic OH excluding ortho intramolecular Hbond substituents is 2. The van der Waals surface area contributed by atoms with E-state index in [4.69, 9.17) is 18.9 Å². The Balaban J connectivity index is 1.63. The predicted molar refractivity (Wildman–Crippen MR) is 175 cm³/mol. The molecule has 0 spiro atoms. The van der Waals surface area contributed by atoms with Crippen LogP contribution in [-0.2, 0) is 17.6 Å². The van der Waals surface area contributed by atoms with Crippen LogP contribution in [0.2, 0.25) is 0 Å². The highest BCUT2D eigenvalue weighted by Gasteiger charge is 2.32. The van der Waals surface area contributed by atoms with Gasteiger partial charge in [0, 0.05) is 23.5 Å². The molecule has 0 bridgehead atoms. The molecule has 0 aromatic heterocycles. The molecule has 1 saturated carbocycles. The van der Waals surface area contributed by atoms with Crippen LogP contribution in [0.5, 0.6) is 28.7 Å². The summed E-state index contributed by atoms with van der Waals surface area (Å²) < 4.78 is 22.6. The van der Waals surface area contributed by atoms with Crippen molar-refractivity contribution in [1.29, 1.82) is 0 Å². The molecule has 6 N–H and O–H groups in total. The van der Waals surface area contributed by atoms with E-state index in [-0.39, 0.29) is 59.6 Å². The van der Waals surface area contributed by atoms with Crippen molar-refractivity contribution in [3.05, 3.63) is 41.0 Å². The highest BCUT2D eigenvalue weighted by molar-refractivity contribution is 8.76. The number of aliphatic hydroxyl groups excluding tert-OH is 4. The van der Waals surface area contributed by atoms with Crippen LogP contribution in [0.15, 0.2) is 24.3 Å². The largest absolute Gasteiger partial charge is 0.504 e. The van der Waals surface area contributed by atoms with Gasteiger partial charge in [0.1, 0.15) is 6.79 Å². The van der Waals surface area contributed by atoms with Gasteiger partial charge in [-0.2, -0.15) is 0 Å². The Bertz CT molecular complexity index is 1180. The average Bonchev–Trinajstić information content (AvgIpc) is 3.04. The molecule has 252 valence electrons. The Labute approximate surface area is 273 Å². The molecule has 5 atom stereocenters. The highest BCUT2D eigenvalue weighted by Crippen LogP contribution is 2.46. The fraction of sp³-hybridized carbons (Fsp3) is 0.636. The lowest BCUT2D eigenvalue weighted by Crippen LogP contribution is -2.38. The zero-order chi connectivity index (χ0) is 32.3. The summed E-state index contributed by atoms with van der Waals surface area (Å²) in [6.07, 6.45) is 4.81. The molecule has 2 aromatic carbocycles. The summed E-state index contributed by atoms with van der Waals surface area (Å²) in [5.74, 6) is 0.511. The molecule has 0 unspecified atom stereocenters. The Hall–Kier alpha value is -2.06. The smallest absolute Gasteiger partial charge is 0.200 e. The molecule has 0 amide bonds. The van der Waals surface area contributed by atoms with Crippen molar-refractivity contribution in [2.24, 2.45) is 5.92 Å². The van der Waals surface area contributed by atoms with Crippen LogP contribution in [0.3, 0.4) is 0 Å². The summed E-state index contributed by atoms with van der Waals surface area (Å²) in [6, 6.07) is 6.96. The molecule has 4 rings (SSSR count). The number of aromatic hydroxyl groups is 2. The van der Waals surface area contributed by atoms with Crippen LogP contribution in [0.4, 0.5) is 0 Å². The van der Waals surface area contributed by atoms with E-state index >= 15 is 0 Å². The Morgan fingerprint density at radius 1 is 0.844 bits per heavy atom. The van der Waals surface area contributed by atoms with Gasteiger partial charge < -0.3 is 49.6 Å². The van der Waals surface area contributed by atoms with Crippen LogP contribution in [0, 0.1) is 5.92 Å². The molecule has 0 radical (unpaired) electrons. The first-order valence-corrected chi connectivity index (χ1v) is 18.1. The first kappa shape index (κ1) is 35.8. The molecule has 10 nitrogen and oxygen atoms in total. The number of methoxy groups -OCH3 is 2. The molecule has 1 heterocycles. The number of aliphatic hydroxyl groups is 4. The molecule has 1 fully saturated rings. The number of fused-ring (bicyclic) bond motifs is 1. The van der Waals surface area contributed by atoms with Crippen molar-refractivity contribution in [2.75, 3.05) is 33.4 Å². The number of ether oxygens (including phenoxy) is 4. The van der Waals surface area contributed by atoms with E-state index in [9.17, 15) is 30.6 Å². The molecule has 0 saturated heterocycles. The van der Waals surface area contributed by atoms with Gasteiger partial charge in [-0.3, -0.25) is 0 Å². The van der Waals surface area contributed by atoms with E-state index in [1.807, 2.05) is 6.07 Å². The lowest BCUT2D eigenvalue weighted by atomic mass is 9.85. The zero-order valence-corrected chi connectivity index (χ0v) is 27.7. The number of hydrogen-bond acceptors (Lipinski definition) is 12. The second-order valence-corrected chi connectivity index (χ2v) is 14.4. The molecule has 1 aliphatic heterocycles. The third-order valence-electron chi connectivity index (χ3n) is 8.78. The minimum absolute atomic E-state index is 0.0522. The van der Waals surface area contributed by atoms with Crippen molar-refractivity contribution >= 4 is 21.6 Å². The van der Waals surface area contributed by atoms with Gasteiger partial charge in [-0.05, 0) is 98.7 Å². The first-order valence-electron chi connectivity index (χ1n) is 15.7. The lowest BCUT2D eigenvalue weighted by molar-refractivity contribution is -0.0808. The number of hydrogen-bond donors (Lipinski definition) is 6. The summed E-state index contributed by atoms with van der Waals surface area (Å²) >= 11 is 0. The van der Waals surface area contributed by atoms with Crippen molar-refractivity contribution in [2.45, 2.75) is 93.9 Å². The molecule has 1 aliphatic carbocycles. The fourth-order valence-corrected chi connectivity index (χ4v) is 9.19. The van der Waals surface area contributed by atoms with Gasteiger partial charge in [0.25, 0.3) is 0 Å². The van der Waals surface area contributed by atoms with Crippen LogP contribution >= 0.6 is 21.6 Å². The Morgan fingerprint density at radius 2 is 1.56 bits per heavy atom. The predicted octanol–water partition coefficient (Wildman–Crippen LogP) is 4.88. The van der Waals surface area contributed by atoms with Gasteiger partial charge in [0.05, 0.1) is 38.6 Å². The van der Waals surface area contributed by atoms with Crippen LogP contribution < -0.4 is 14.2 Å².